The summed E-state index contributed by atoms with van der Waals surface area (Å²) in [6.07, 6.45) is -0.113. The number of sulfone groups is 1. The molecule has 0 aliphatic heterocycles. The molecule has 0 bridgehead atoms. The lowest BCUT2D eigenvalue weighted by atomic mass is 9.84. The second-order valence-corrected chi connectivity index (χ2v) is 11.8. The highest BCUT2D eigenvalue weighted by molar-refractivity contribution is 7.92. The molecule has 1 N–H and O–H groups in total. The van der Waals surface area contributed by atoms with E-state index in [9.17, 15) is 28.4 Å². The first-order valence-corrected chi connectivity index (χ1v) is 13.0. The van der Waals surface area contributed by atoms with Crippen molar-refractivity contribution in [1.82, 2.24) is 0 Å². The number of hydrogen-bond donors (Lipinski definition) is 1. The van der Waals surface area contributed by atoms with Crippen LogP contribution in [-0.4, -0.2) is 38.1 Å². The summed E-state index contributed by atoms with van der Waals surface area (Å²) < 4.78 is 31.1. The number of ether oxygens (including phenoxy) is 1. The maximum atomic E-state index is 13.1. The number of benzene rings is 2. The van der Waals surface area contributed by atoms with Crippen molar-refractivity contribution in [1.29, 1.82) is 5.26 Å². The summed E-state index contributed by atoms with van der Waals surface area (Å²) in [4.78, 5) is 25.1. The van der Waals surface area contributed by atoms with Gasteiger partial charge in [-0.1, -0.05) is 27.7 Å². The molecule has 0 spiro atoms. The van der Waals surface area contributed by atoms with Crippen molar-refractivity contribution in [3.05, 3.63) is 63.7 Å². The molecule has 0 aliphatic rings. The molecule has 0 aliphatic carbocycles. The molecular weight excluding hydrogens is 466 g/mol. The lowest BCUT2D eigenvalue weighted by Gasteiger charge is -2.21. The van der Waals surface area contributed by atoms with Crippen LogP contribution in [0.3, 0.4) is 0 Å². The number of esters is 1. The number of carbonyl (C=O) groups is 2. The Morgan fingerprint density at radius 1 is 1.03 bits per heavy atom. The van der Waals surface area contributed by atoms with E-state index in [-0.39, 0.29) is 34.3 Å². The zero-order chi connectivity index (χ0) is 26.7. The summed E-state index contributed by atoms with van der Waals surface area (Å²) in [5.74, 6) is -1.77. The molecular formula is C27H33NO6S. The Hall–Kier alpha value is -3.02. The van der Waals surface area contributed by atoms with Gasteiger partial charge in [0.2, 0.25) is 0 Å². The number of hydrogen-bond acceptors (Lipinski definition) is 7. The normalized spacial score (nSPS) is 12.0. The smallest absolute Gasteiger partial charge is 0.337 e. The monoisotopic (exact) mass is 499 g/mol. The van der Waals surface area contributed by atoms with Crippen LogP contribution in [0.2, 0.25) is 0 Å². The van der Waals surface area contributed by atoms with E-state index >= 15 is 0 Å². The molecule has 0 atom stereocenters. The lowest BCUT2D eigenvalue weighted by Crippen LogP contribution is -2.22. The molecule has 0 unspecified atom stereocenters. The fourth-order valence-electron chi connectivity index (χ4n) is 3.93. The van der Waals surface area contributed by atoms with Crippen LogP contribution < -0.4 is 0 Å². The van der Waals surface area contributed by atoms with Crippen LogP contribution in [0.1, 0.15) is 91.6 Å². The Labute approximate surface area is 207 Å². The lowest BCUT2D eigenvalue weighted by molar-refractivity contribution is -0.116. The summed E-state index contributed by atoms with van der Waals surface area (Å²) in [5.41, 5.74) is 1.67. The van der Waals surface area contributed by atoms with Crippen LogP contribution in [0.25, 0.3) is 0 Å². The number of aliphatic hydroxyl groups is 1. The van der Waals surface area contributed by atoms with Gasteiger partial charge in [-0.05, 0) is 78.3 Å². The van der Waals surface area contributed by atoms with Crippen molar-refractivity contribution in [3.8, 4) is 6.07 Å². The van der Waals surface area contributed by atoms with E-state index in [0.717, 1.165) is 11.1 Å². The first-order chi connectivity index (χ1) is 16.1. The molecule has 2 rings (SSSR count). The first-order valence-electron chi connectivity index (χ1n) is 11.4. The van der Waals surface area contributed by atoms with E-state index in [1.807, 2.05) is 33.8 Å². The van der Waals surface area contributed by atoms with Gasteiger partial charge in [-0.25, -0.2) is 13.2 Å². The Bertz CT molecular complexity index is 1250. The van der Waals surface area contributed by atoms with E-state index in [0.29, 0.717) is 11.1 Å². The van der Waals surface area contributed by atoms with Gasteiger partial charge in [-0.2, -0.15) is 5.26 Å². The van der Waals surface area contributed by atoms with Crippen molar-refractivity contribution in [2.45, 2.75) is 70.3 Å². The number of Topliss-reactive ketones (excluding diaryl/α,β-unsaturated/α-hetero) is 1. The third-order valence-corrected chi connectivity index (χ3v) is 7.47. The van der Waals surface area contributed by atoms with Crippen molar-refractivity contribution < 1.29 is 27.9 Å². The molecule has 0 saturated carbocycles. The van der Waals surface area contributed by atoms with Crippen molar-refractivity contribution in [2.75, 3.05) is 12.9 Å². The van der Waals surface area contributed by atoms with Crippen molar-refractivity contribution in [3.63, 3.8) is 0 Å². The topological polar surface area (TPSA) is 122 Å². The third-order valence-electron chi connectivity index (χ3n) is 5.81. The second-order valence-electron chi connectivity index (χ2n) is 9.83. The molecule has 0 fully saturated rings. The highest BCUT2D eigenvalue weighted by atomic mass is 32.2. The second kappa shape index (κ2) is 10.7. The first kappa shape index (κ1) is 28.2. The minimum atomic E-state index is -4.07. The summed E-state index contributed by atoms with van der Waals surface area (Å²) >= 11 is 0. The van der Waals surface area contributed by atoms with E-state index in [1.165, 1.54) is 39.2 Å². The van der Waals surface area contributed by atoms with E-state index in [1.54, 1.807) is 12.1 Å². The van der Waals surface area contributed by atoms with Gasteiger partial charge in [0.15, 0.2) is 15.6 Å². The summed E-state index contributed by atoms with van der Waals surface area (Å²) in [7, 11) is -2.77. The zero-order valence-corrected chi connectivity index (χ0v) is 22.1. The van der Waals surface area contributed by atoms with Crippen LogP contribution in [0.4, 0.5) is 0 Å². The van der Waals surface area contributed by atoms with Crippen LogP contribution in [-0.2, 0) is 31.4 Å². The number of rotatable bonds is 9. The average molecular weight is 500 g/mol. The van der Waals surface area contributed by atoms with Crippen LogP contribution in [0, 0.1) is 11.3 Å². The summed E-state index contributed by atoms with van der Waals surface area (Å²) in [6, 6.07) is 9.24. The zero-order valence-electron chi connectivity index (χ0n) is 21.3. The van der Waals surface area contributed by atoms with Gasteiger partial charge in [0.1, 0.15) is 5.75 Å². The van der Waals surface area contributed by atoms with E-state index in [4.69, 9.17) is 4.74 Å². The number of nitrogens with zero attached hydrogens (tertiary/aromatic N) is 1. The van der Waals surface area contributed by atoms with Gasteiger partial charge in [0.25, 0.3) is 0 Å². The largest absolute Gasteiger partial charge is 0.465 e. The maximum Gasteiger partial charge on any atom is 0.337 e. The van der Waals surface area contributed by atoms with Crippen LogP contribution in [0.15, 0.2) is 35.2 Å². The highest BCUT2D eigenvalue weighted by Gasteiger charge is 2.26. The fourth-order valence-corrected chi connectivity index (χ4v) is 5.23. The minimum Gasteiger partial charge on any atom is -0.465 e. The van der Waals surface area contributed by atoms with E-state index in [2.05, 4.69) is 0 Å². The molecule has 0 radical (unpaired) electrons. The Morgan fingerprint density at radius 2 is 1.57 bits per heavy atom. The molecule has 35 heavy (non-hydrogen) atoms. The third kappa shape index (κ3) is 6.77. The molecule has 2 aromatic carbocycles. The summed E-state index contributed by atoms with van der Waals surface area (Å²) in [6.45, 7) is 10.7. The number of carbonyl (C=O) groups excluding carboxylic acids is 2. The van der Waals surface area contributed by atoms with Crippen LogP contribution in [0.5, 0.6) is 0 Å². The minimum absolute atomic E-state index is 0.0156. The predicted octanol–water partition coefficient (Wildman–Crippen LogP) is 4.40. The molecule has 2 aromatic rings. The number of nitriles is 1. The van der Waals surface area contributed by atoms with Gasteiger partial charge in [-0.3, -0.25) is 4.79 Å². The average Bonchev–Trinajstić information content (AvgIpc) is 2.76. The molecule has 8 heteroatoms. The quantitative estimate of drug-likeness (QED) is 0.507. The van der Waals surface area contributed by atoms with E-state index < -0.39 is 32.9 Å². The Morgan fingerprint density at radius 3 is 2.00 bits per heavy atom. The molecule has 7 nitrogen and oxygen atoms in total. The molecule has 0 aromatic heterocycles. The van der Waals surface area contributed by atoms with Crippen molar-refractivity contribution >= 4 is 21.6 Å². The van der Waals surface area contributed by atoms with Gasteiger partial charge < -0.3 is 9.84 Å². The standard InChI is InChI=1S/C27H33NO6S/c1-16(2)23-10-19(26(30)34-7)11-24(17(3)4)25(23)13-21(29)15-35(32,33)22-9-18(14-28)8-20(12-22)27(5,6)31/h8-12,16-17,31H,13,15H2,1-7H3. The predicted molar refractivity (Wildman–Crippen MR) is 133 cm³/mol. The number of methoxy groups -OCH3 is 1. The highest BCUT2D eigenvalue weighted by Crippen LogP contribution is 2.31. The van der Waals surface area contributed by atoms with Gasteiger partial charge in [-0.15, -0.1) is 0 Å². The van der Waals surface area contributed by atoms with Gasteiger partial charge in [0, 0.05) is 6.42 Å². The SMILES string of the molecule is COC(=O)c1cc(C(C)C)c(CC(=O)CS(=O)(=O)c2cc(C#N)cc(C(C)(C)O)c2)c(C(C)C)c1. The molecule has 0 saturated heterocycles. The van der Waals surface area contributed by atoms with Crippen LogP contribution >= 0.6 is 0 Å². The summed E-state index contributed by atoms with van der Waals surface area (Å²) in [5, 5.41) is 19.6. The molecule has 0 heterocycles. The van der Waals surface area contributed by atoms with Crippen molar-refractivity contribution in [2.24, 2.45) is 0 Å². The number of ketones is 1. The Balaban J connectivity index is 2.49. The van der Waals surface area contributed by atoms with Gasteiger partial charge in [0.05, 0.1) is 34.8 Å². The molecule has 188 valence electrons. The Kier molecular flexibility index (Phi) is 8.64. The fraction of sp³-hybridized carbons (Fsp3) is 0.444. The maximum absolute atomic E-state index is 13.1. The molecule has 0 amide bonds. The van der Waals surface area contributed by atoms with Gasteiger partial charge >= 0.3 is 5.97 Å².